The number of carbonyl (C=O) groups is 2. The van der Waals surface area contributed by atoms with Gasteiger partial charge in [-0.05, 0) is 62.4 Å². The van der Waals surface area contributed by atoms with Crippen molar-refractivity contribution in [3.63, 3.8) is 0 Å². The number of carbonyl (C=O) groups excluding carboxylic acids is 2. The largest absolute Gasteiger partial charge is 0.322 e. The molecule has 0 bridgehead atoms. The number of amides is 2. The molecule has 142 valence electrons. The summed E-state index contributed by atoms with van der Waals surface area (Å²) in [5, 5.41) is 6.53. The topological polar surface area (TPSA) is 71.1 Å². The number of aromatic nitrogens is 1. The molecule has 0 fully saturated rings. The highest BCUT2D eigenvalue weighted by Gasteiger charge is 2.26. The SMILES string of the molecule is Cc1ccc(NC(=O)c2c(NC(=O)c3cccnc3)sc3c2CCCC3)cc1. The monoisotopic (exact) mass is 391 g/mol. The number of benzene rings is 1. The second-order valence-electron chi connectivity index (χ2n) is 6.93. The minimum atomic E-state index is -0.254. The first kappa shape index (κ1) is 18.4. The molecule has 0 spiro atoms. The molecule has 0 saturated heterocycles. The molecule has 6 heteroatoms. The van der Waals surface area contributed by atoms with E-state index in [1.807, 2.05) is 31.2 Å². The van der Waals surface area contributed by atoms with Crippen LogP contribution in [0.15, 0.2) is 48.8 Å². The summed E-state index contributed by atoms with van der Waals surface area (Å²) in [6.07, 6.45) is 7.14. The fraction of sp³-hybridized carbons (Fsp3) is 0.227. The molecule has 0 radical (unpaired) electrons. The number of pyridine rings is 1. The van der Waals surface area contributed by atoms with Gasteiger partial charge in [-0.2, -0.15) is 0 Å². The van der Waals surface area contributed by atoms with E-state index in [1.165, 1.54) is 22.4 Å². The number of hydrogen-bond acceptors (Lipinski definition) is 4. The Morgan fingerprint density at radius 1 is 1.00 bits per heavy atom. The van der Waals surface area contributed by atoms with Crippen LogP contribution in [0.2, 0.25) is 0 Å². The smallest absolute Gasteiger partial charge is 0.258 e. The molecular formula is C22H21N3O2S. The van der Waals surface area contributed by atoms with Crippen LogP contribution in [0.5, 0.6) is 0 Å². The van der Waals surface area contributed by atoms with E-state index in [2.05, 4.69) is 15.6 Å². The summed E-state index contributed by atoms with van der Waals surface area (Å²) in [5.74, 6) is -0.430. The molecule has 0 atom stereocenters. The molecule has 0 saturated carbocycles. The van der Waals surface area contributed by atoms with Crippen molar-refractivity contribution >= 4 is 33.8 Å². The molecule has 28 heavy (non-hydrogen) atoms. The molecule has 2 heterocycles. The number of rotatable bonds is 4. The van der Waals surface area contributed by atoms with Crippen molar-refractivity contribution in [2.45, 2.75) is 32.6 Å². The van der Waals surface area contributed by atoms with Gasteiger partial charge in [0, 0.05) is 23.0 Å². The molecule has 1 aliphatic rings. The van der Waals surface area contributed by atoms with E-state index < -0.39 is 0 Å². The second kappa shape index (κ2) is 7.94. The van der Waals surface area contributed by atoms with Crippen molar-refractivity contribution in [2.24, 2.45) is 0 Å². The van der Waals surface area contributed by atoms with Crippen molar-refractivity contribution in [3.05, 3.63) is 75.9 Å². The van der Waals surface area contributed by atoms with Crippen LogP contribution < -0.4 is 10.6 Å². The fourth-order valence-corrected chi connectivity index (χ4v) is 4.68. The average molecular weight is 391 g/mol. The van der Waals surface area contributed by atoms with Crippen molar-refractivity contribution in [2.75, 3.05) is 10.6 Å². The van der Waals surface area contributed by atoms with Crippen LogP contribution in [-0.4, -0.2) is 16.8 Å². The Hall–Kier alpha value is -2.99. The van der Waals surface area contributed by atoms with E-state index in [1.54, 1.807) is 18.3 Å². The van der Waals surface area contributed by atoms with Crippen molar-refractivity contribution in [1.29, 1.82) is 0 Å². The molecule has 2 N–H and O–H groups in total. The van der Waals surface area contributed by atoms with E-state index in [9.17, 15) is 9.59 Å². The number of aryl methyl sites for hydroxylation is 2. The summed E-state index contributed by atoms with van der Waals surface area (Å²) < 4.78 is 0. The molecule has 1 aromatic carbocycles. The van der Waals surface area contributed by atoms with E-state index in [4.69, 9.17) is 0 Å². The Bertz CT molecular complexity index is 1010. The number of anilines is 2. The van der Waals surface area contributed by atoms with Crippen LogP contribution in [0.1, 0.15) is 49.6 Å². The minimum absolute atomic E-state index is 0.176. The van der Waals surface area contributed by atoms with E-state index in [-0.39, 0.29) is 11.8 Å². The third kappa shape index (κ3) is 3.82. The predicted octanol–water partition coefficient (Wildman–Crippen LogP) is 4.83. The third-order valence-electron chi connectivity index (χ3n) is 4.86. The van der Waals surface area contributed by atoms with E-state index >= 15 is 0 Å². The van der Waals surface area contributed by atoms with Gasteiger partial charge in [0.15, 0.2) is 0 Å². The molecule has 2 amide bonds. The highest BCUT2D eigenvalue weighted by Crippen LogP contribution is 2.38. The first-order chi connectivity index (χ1) is 13.6. The van der Waals surface area contributed by atoms with Crippen LogP contribution in [-0.2, 0) is 12.8 Å². The lowest BCUT2D eigenvalue weighted by molar-refractivity contribution is 0.102. The van der Waals surface area contributed by atoms with Gasteiger partial charge < -0.3 is 10.6 Å². The van der Waals surface area contributed by atoms with E-state index in [0.717, 1.165) is 42.5 Å². The quantitative estimate of drug-likeness (QED) is 0.669. The Balaban J connectivity index is 1.65. The second-order valence-corrected chi connectivity index (χ2v) is 8.04. The summed E-state index contributed by atoms with van der Waals surface area (Å²) in [6, 6.07) is 11.1. The molecule has 1 aliphatic carbocycles. The van der Waals surface area contributed by atoms with Crippen LogP contribution >= 0.6 is 11.3 Å². The van der Waals surface area contributed by atoms with Gasteiger partial charge in [0.1, 0.15) is 5.00 Å². The van der Waals surface area contributed by atoms with Gasteiger partial charge in [0.2, 0.25) is 0 Å². The van der Waals surface area contributed by atoms with Crippen LogP contribution in [0, 0.1) is 6.92 Å². The zero-order valence-corrected chi connectivity index (χ0v) is 16.4. The number of thiophene rings is 1. The van der Waals surface area contributed by atoms with Crippen molar-refractivity contribution in [1.82, 2.24) is 4.98 Å². The summed E-state index contributed by atoms with van der Waals surface area (Å²) >= 11 is 1.51. The third-order valence-corrected chi connectivity index (χ3v) is 6.07. The Labute approximate surface area is 167 Å². The van der Waals surface area contributed by atoms with Gasteiger partial charge in [-0.15, -0.1) is 11.3 Å². The van der Waals surface area contributed by atoms with Crippen molar-refractivity contribution in [3.8, 4) is 0 Å². The first-order valence-electron chi connectivity index (χ1n) is 9.36. The summed E-state index contributed by atoms with van der Waals surface area (Å²) in [6.45, 7) is 2.01. The molecular weight excluding hydrogens is 370 g/mol. The van der Waals surface area contributed by atoms with Gasteiger partial charge in [0.05, 0.1) is 11.1 Å². The number of fused-ring (bicyclic) bond motifs is 1. The maximum atomic E-state index is 13.1. The lowest BCUT2D eigenvalue weighted by Crippen LogP contribution is -2.18. The lowest BCUT2D eigenvalue weighted by Gasteiger charge is -2.13. The van der Waals surface area contributed by atoms with Gasteiger partial charge in [-0.3, -0.25) is 14.6 Å². The molecule has 0 aliphatic heterocycles. The molecule has 5 nitrogen and oxygen atoms in total. The molecule has 2 aromatic heterocycles. The van der Waals surface area contributed by atoms with Gasteiger partial charge in [-0.1, -0.05) is 17.7 Å². The predicted molar refractivity (Wildman–Crippen MR) is 112 cm³/mol. The first-order valence-corrected chi connectivity index (χ1v) is 10.2. The highest BCUT2D eigenvalue weighted by atomic mass is 32.1. The number of nitrogens with zero attached hydrogens (tertiary/aromatic N) is 1. The Morgan fingerprint density at radius 2 is 1.79 bits per heavy atom. The summed E-state index contributed by atoms with van der Waals surface area (Å²) in [7, 11) is 0. The fourth-order valence-electron chi connectivity index (χ4n) is 3.40. The molecule has 0 unspecified atom stereocenters. The summed E-state index contributed by atoms with van der Waals surface area (Å²) in [5.41, 5.74) is 4.02. The highest BCUT2D eigenvalue weighted by molar-refractivity contribution is 7.17. The van der Waals surface area contributed by atoms with Gasteiger partial charge in [-0.25, -0.2) is 0 Å². The van der Waals surface area contributed by atoms with Crippen molar-refractivity contribution < 1.29 is 9.59 Å². The number of hydrogen-bond donors (Lipinski definition) is 2. The zero-order valence-electron chi connectivity index (χ0n) is 15.6. The van der Waals surface area contributed by atoms with Crippen LogP contribution in [0.4, 0.5) is 10.7 Å². The normalized spacial score (nSPS) is 12.9. The zero-order chi connectivity index (χ0) is 19.5. The van der Waals surface area contributed by atoms with Crippen LogP contribution in [0.25, 0.3) is 0 Å². The maximum absolute atomic E-state index is 13.1. The maximum Gasteiger partial charge on any atom is 0.258 e. The Morgan fingerprint density at radius 3 is 2.54 bits per heavy atom. The summed E-state index contributed by atoms with van der Waals surface area (Å²) in [4.78, 5) is 30.9. The minimum Gasteiger partial charge on any atom is -0.322 e. The molecule has 3 aromatic rings. The van der Waals surface area contributed by atoms with E-state index in [0.29, 0.717) is 16.1 Å². The lowest BCUT2D eigenvalue weighted by atomic mass is 9.95. The standard InChI is InChI=1S/C22H21N3O2S/c1-14-8-10-16(11-9-14)24-21(27)19-17-6-2-3-7-18(17)28-22(19)25-20(26)15-5-4-12-23-13-15/h4-5,8-13H,2-3,6-7H2,1H3,(H,24,27)(H,25,26). The van der Waals surface area contributed by atoms with Crippen LogP contribution in [0.3, 0.4) is 0 Å². The average Bonchev–Trinajstić information content (AvgIpc) is 3.08. The van der Waals surface area contributed by atoms with Gasteiger partial charge >= 0.3 is 0 Å². The van der Waals surface area contributed by atoms with Gasteiger partial charge in [0.25, 0.3) is 11.8 Å². The Kier molecular flexibility index (Phi) is 5.21. The number of nitrogens with one attached hydrogen (secondary N) is 2. The molecule has 4 rings (SSSR count).